The molecule has 198 valence electrons. The maximum atomic E-state index is 13.9. The Morgan fingerprint density at radius 2 is 1.70 bits per heavy atom. The van der Waals surface area contributed by atoms with Gasteiger partial charge in [-0.1, -0.05) is 82.1 Å². The van der Waals surface area contributed by atoms with E-state index in [1.807, 2.05) is 72.8 Å². The number of pyridine rings is 1. The summed E-state index contributed by atoms with van der Waals surface area (Å²) >= 11 is 10.0. The molecule has 1 atom stereocenters. The number of nitrogens with one attached hydrogen (secondary N) is 1. The van der Waals surface area contributed by atoms with Crippen molar-refractivity contribution >= 4 is 50.1 Å². The Morgan fingerprint density at radius 3 is 2.42 bits per heavy atom. The van der Waals surface area contributed by atoms with E-state index in [2.05, 4.69) is 20.9 Å². The normalized spacial score (nSPS) is 14.8. The number of rotatable bonds is 5. The Hall–Kier alpha value is -4.20. The zero-order chi connectivity index (χ0) is 27.8. The van der Waals surface area contributed by atoms with Gasteiger partial charge in [-0.15, -0.1) is 0 Å². The SMILES string of the molecule is COc1ccc([C@@H]2CC(c3c(-c4ccccc4)c4cc(Br)ccc4[nH]c3=O)=NN2C(=O)c2ccccc2Cl)cc1. The number of hydrogen-bond acceptors (Lipinski definition) is 4. The maximum absolute atomic E-state index is 13.9. The summed E-state index contributed by atoms with van der Waals surface area (Å²) in [5.74, 6) is 0.359. The number of hydrazone groups is 1. The van der Waals surface area contributed by atoms with E-state index in [0.29, 0.717) is 39.5 Å². The summed E-state index contributed by atoms with van der Waals surface area (Å²) in [7, 11) is 1.61. The molecule has 0 aliphatic carbocycles. The Balaban J connectivity index is 1.57. The number of aromatic amines is 1. The Bertz CT molecular complexity index is 1840. The van der Waals surface area contributed by atoms with Gasteiger partial charge in [0.2, 0.25) is 0 Å². The second-order valence-corrected chi connectivity index (χ2v) is 10.8. The predicted octanol–water partition coefficient (Wildman–Crippen LogP) is 7.61. The van der Waals surface area contributed by atoms with Gasteiger partial charge in [0, 0.05) is 27.4 Å². The van der Waals surface area contributed by atoms with Gasteiger partial charge in [0.05, 0.1) is 35.0 Å². The second kappa shape index (κ2) is 10.8. The lowest BCUT2D eigenvalue weighted by molar-refractivity contribution is 0.0711. The topological polar surface area (TPSA) is 74.8 Å². The van der Waals surface area contributed by atoms with E-state index in [4.69, 9.17) is 21.4 Å². The van der Waals surface area contributed by atoms with Gasteiger partial charge in [-0.2, -0.15) is 5.10 Å². The molecule has 0 unspecified atom stereocenters. The predicted molar refractivity (Wildman–Crippen MR) is 162 cm³/mol. The van der Waals surface area contributed by atoms with Crippen LogP contribution < -0.4 is 10.3 Å². The van der Waals surface area contributed by atoms with Gasteiger partial charge in [-0.05, 0) is 53.6 Å². The summed E-state index contributed by atoms with van der Waals surface area (Å²) in [5, 5.41) is 7.48. The summed E-state index contributed by atoms with van der Waals surface area (Å²) in [6, 6.07) is 29.5. The highest BCUT2D eigenvalue weighted by Gasteiger charge is 2.36. The number of hydrogen-bond donors (Lipinski definition) is 1. The van der Waals surface area contributed by atoms with Gasteiger partial charge in [0.1, 0.15) is 5.75 Å². The van der Waals surface area contributed by atoms with E-state index in [1.54, 1.807) is 31.4 Å². The molecule has 40 heavy (non-hydrogen) atoms. The number of aromatic nitrogens is 1. The Morgan fingerprint density at radius 1 is 0.975 bits per heavy atom. The van der Waals surface area contributed by atoms with Crippen molar-refractivity contribution in [2.75, 3.05) is 7.11 Å². The zero-order valence-corrected chi connectivity index (χ0v) is 23.7. The van der Waals surface area contributed by atoms with Crippen LogP contribution >= 0.6 is 27.5 Å². The molecule has 1 amide bonds. The van der Waals surface area contributed by atoms with Crippen LogP contribution in [0.15, 0.2) is 111 Å². The summed E-state index contributed by atoms with van der Waals surface area (Å²) in [4.78, 5) is 30.6. The average Bonchev–Trinajstić information content (AvgIpc) is 3.42. The van der Waals surface area contributed by atoms with Gasteiger partial charge in [0.15, 0.2) is 0 Å². The molecule has 0 saturated carbocycles. The molecule has 1 aromatic heterocycles. The molecule has 1 aliphatic heterocycles. The first-order chi connectivity index (χ1) is 19.4. The van der Waals surface area contributed by atoms with Crippen LogP contribution in [0.25, 0.3) is 22.0 Å². The number of fused-ring (bicyclic) bond motifs is 1. The second-order valence-electron chi connectivity index (χ2n) is 9.43. The van der Waals surface area contributed by atoms with Gasteiger partial charge in [-0.25, -0.2) is 5.01 Å². The van der Waals surface area contributed by atoms with Crippen molar-refractivity contribution in [1.29, 1.82) is 0 Å². The number of methoxy groups -OCH3 is 1. The molecular weight excluding hydrogens is 590 g/mol. The van der Waals surface area contributed by atoms with Crippen molar-refractivity contribution in [3.63, 3.8) is 0 Å². The smallest absolute Gasteiger partial charge is 0.276 e. The largest absolute Gasteiger partial charge is 0.497 e. The summed E-state index contributed by atoms with van der Waals surface area (Å²) in [5.41, 5.74) is 4.24. The molecule has 6 nitrogen and oxygen atoms in total. The van der Waals surface area contributed by atoms with E-state index < -0.39 is 6.04 Å². The maximum Gasteiger partial charge on any atom is 0.276 e. The first-order valence-electron chi connectivity index (χ1n) is 12.7. The van der Waals surface area contributed by atoms with E-state index in [-0.39, 0.29) is 11.5 Å². The molecule has 0 bridgehead atoms. The number of ether oxygens (including phenoxy) is 1. The van der Waals surface area contributed by atoms with Crippen LogP contribution in [-0.4, -0.2) is 28.7 Å². The Labute approximate surface area is 244 Å². The highest BCUT2D eigenvalue weighted by molar-refractivity contribution is 9.10. The lowest BCUT2D eigenvalue weighted by atomic mass is 9.91. The number of carbonyl (C=O) groups excluding carboxylic acids is 1. The third kappa shape index (κ3) is 4.72. The van der Waals surface area contributed by atoms with Crippen molar-refractivity contribution in [2.45, 2.75) is 12.5 Å². The minimum atomic E-state index is -0.453. The van der Waals surface area contributed by atoms with Gasteiger partial charge in [0.25, 0.3) is 11.5 Å². The molecule has 6 rings (SSSR count). The molecule has 1 aliphatic rings. The van der Waals surface area contributed by atoms with Crippen molar-refractivity contribution < 1.29 is 9.53 Å². The monoisotopic (exact) mass is 611 g/mol. The van der Waals surface area contributed by atoms with Crippen LogP contribution in [0, 0.1) is 0 Å². The first kappa shape index (κ1) is 26.0. The van der Waals surface area contributed by atoms with E-state index >= 15 is 0 Å². The lowest BCUT2D eigenvalue weighted by Crippen LogP contribution is -2.27. The van der Waals surface area contributed by atoms with Crippen LogP contribution in [0.1, 0.15) is 33.9 Å². The number of H-pyrrole nitrogens is 1. The summed E-state index contributed by atoms with van der Waals surface area (Å²) < 4.78 is 6.22. The van der Waals surface area contributed by atoms with Gasteiger partial charge < -0.3 is 9.72 Å². The molecule has 0 spiro atoms. The molecule has 2 heterocycles. The highest BCUT2D eigenvalue weighted by Crippen LogP contribution is 2.39. The third-order valence-corrected chi connectivity index (χ3v) is 7.87. The number of halogens is 2. The number of benzene rings is 4. The van der Waals surface area contributed by atoms with Crippen LogP contribution in [0.4, 0.5) is 0 Å². The highest BCUT2D eigenvalue weighted by atomic mass is 79.9. The quantitative estimate of drug-likeness (QED) is 0.222. The van der Waals surface area contributed by atoms with E-state index in [1.165, 1.54) is 5.01 Å². The summed E-state index contributed by atoms with van der Waals surface area (Å²) in [6.07, 6.45) is 0.338. The molecule has 0 saturated heterocycles. The number of nitrogens with zero attached hydrogens (tertiary/aromatic N) is 2. The van der Waals surface area contributed by atoms with Gasteiger partial charge in [-0.3, -0.25) is 9.59 Å². The molecule has 0 radical (unpaired) electrons. The van der Waals surface area contributed by atoms with Crippen LogP contribution in [0.2, 0.25) is 5.02 Å². The third-order valence-electron chi connectivity index (χ3n) is 7.05. The first-order valence-corrected chi connectivity index (χ1v) is 13.8. The van der Waals surface area contributed by atoms with Crippen LogP contribution in [0.3, 0.4) is 0 Å². The summed E-state index contributed by atoms with van der Waals surface area (Å²) in [6.45, 7) is 0. The lowest BCUT2D eigenvalue weighted by Gasteiger charge is -2.22. The van der Waals surface area contributed by atoms with Gasteiger partial charge >= 0.3 is 0 Å². The molecule has 4 aromatic carbocycles. The Kier molecular flexibility index (Phi) is 7.00. The number of amides is 1. The van der Waals surface area contributed by atoms with Crippen LogP contribution in [0.5, 0.6) is 5.75 Å². The van der Waals surface area contributed by atoms with Crippen molar-refractivity contribution in [3.05, 3.63) is 134 Å². The van der Waals surface area contributed by atoms with Crippen molar-refractivity contribution in [3.8, 4) is 16.9 Å². The minimum absolute atomic E-state index is 0.270. The fourth-order valence-corrected chi connectivity index (χ4v) is 5.72. The molecule has 5 aromatic rings. The van der Waals surface area contributed by atoms with E-state index in [9.17, 15) is 9.59 Å². The standard InChI is InChI=1S/C32H23BrClN3O3/c1-40-22-14-11-19(12-15-22)28-18-27(36-37(28)32(39)23-9-5-6-10-25(23)34)30-29(20-7-3-2-4-8-20)24-17-21(33)13-16-26(24)35-31(30)38/h2-17,28H,18H2,1H3,(H,35,38)/t28-/m0/s1. The van der Waals surface area contributed by atoms with E-state index in [0.717, 1.165) is 26.5 Å². The molecular formula is C32H23BrClN3O3. The average molecular weight is 613 g/mol. The molecule has 8 heteroatoms. The number of carbonyl (C=O) groups is 1. The van der Waals surface area contributed by atoms with Crippen LogP contribution in [-0.2, 0) is 0 Å². The molecule has 0 fully saturated rings. The minimum Gasteiger partial charge on any atom is -0.497 e. The molecule has 1 N–H and O–H groups in total. The fourth-order valence-electron chi connectivity index (χ4n) is 5.14. The fraction of sp³-hybridized carbons (Fsp3) is 0.0938. The zero-order valence-electron chi connectivity index (χ0n) is 21.4. The van der Waals surface area contributed by atoms with Crippen molar-refractivity contribution in [1.82, 2.24) is 9.99 Å². The van der Waals surface area contributed by atoms with Crippen molar-refractivity contribution in [2.24, 2.45) is 5.10 Å².